The summed E-state index contributed by atoms with van der Waals surface area (Å²) in [6, 6.07) is 0.447. The molecule has 2 unspecified atom stereocenters. The van der Waals surface area contributed by atoms with Crippen molar-refractivity contribution in [1.82, 2.24) is 15.1 Å². The quantitative estimate of drug-likeness (QED) is 0.698. The summed E-state index contributed by atoms with van der Waals surface area (Å²) in [6.07, 6.45) is 0.311. The molecule has 0 aromatic carbocycles. The Kier molecular flexibility index (Phi) is 6.60. The number of carbonyl (C=O) groups excluding carboxylic acids is 1. The van der Waals surface area contributed by atoms with Gasteiger partial charge in [-0.15, -0.1) is 0 Å². The summed E-state index contributed by atoms with van der Waals surface area (Å²) in [4.78, 5) is 16.0. The van der Waals surface area contributed by atoms with Gasteiger partial charge >= 0.3 is 0 Å². The minimum absolute atomic E-state index is 0.136. The number of rotatable bonds is 6. The molecule has 0 aliphatic carbocycles. The maximum atomic E-state index is 11.4. The number of aliphatic hydroxyl groups is 1. The molecule has 2 atom stereocenters. The predicted molar refractivity (Wildman–Crippen MR) is 72.5 cm³/mol. The Morgan fingerprint density at radius 1 is 1.50 bits per heavy atom. The molecule has 5 nitrogen and oxygen atoms in total. The molecule has 0 spiro atoms. The molecule has 2 N–H and O–H groups in total. The van der Waals surface area contributed by atoms with Crippen LogP contribution in [0, 0.1) is 0 Å². The van der Waals surface area contributed by atoms with Gasteiger partial charge in [-0.2, -0.15) is 0 Å². The Morgan fingerprint density at radius 2 is 2.22 bits per heavy atom. The van der Waals surface area contributed by atoms with E-state index in [0.29, 0.717) is 19.0 Å². The summed E-state index contributed by atoms with van der Waals surface area (Å²) >= 11 is 0. The third-order valence-electron chi connectivity index (χ3n) is 3.38. The van der Waals surface area contributed by atoms with Gasteiger partial charge in [-0.25, -0.2) is 0 Å². The third kappa shape index (κ3) is 5.33. The maximum absolute atomic E-state index is 11.4. The van der Waals surface area contributed by atoms with Crippen LogP contribution in [-0.2, 0) is 4.79 Å². The van der Waals surface area contributed by atoms with E-state index in [4.69, 9.17) is 0 Å². The maximum Gasteiger partial charge on any atom is 0.221 e. The highest BCUT2D eigenvalue weighted by atomic mass is 16.3. The van der Waals surface area contributed by atoms with Crippen LogP contribution in [0.4, 0.5) is 0 Å². The van der Waals surface area contributed by atoms with Crippen LogP contribution < -0.4 is 5.32 Å². The normalized spacial score (nSPS) is 23.9. The molecule has 5 heteroatoms. The molecular weight excluding hydrogens is 230 g/mol. The number of nitrogens with zero attached hydrogens (tertiary/aromatic N) is 2. The fourth-order valence-corrected chi connectivity index (χ4v) is 2.43. The zero-order chi connectivity index (χ0) is 13.5. The van der Waals surface area contributed by atoms with Gasteiger partial charge in [0.2, 0.25) is 5.91 Å². The molecule has 0 radical (unpaired) electrons. The topological polar surface area (TPSA) is 55.8 Å². The number of amides is 1. The van der Waals surface area contributed by atoms with Gasteiger partial charge in [-0.3, -0.25) is 9.69 Å². The summed E-state index contributed by atoms with van der Waals surface area (Å²) in [5, 5.41) is 12.2. The molecular formula is C13H27N3O2. The van der Waals surface area contributed by atoms with E-state index >= 15 is 0 Å². The lowest BCUT2D eigenvalue weighted by Gasteiger charge is -2.40. The number of carbonyl (C=O) groups is 1. The molecule has 0 saturated carbocycles. The summed E-state index contributed by atoms with van der Waals surface area (Å²) in [6.45, 7) is 11.2. The van der Waals surface area contributed by atoms with Crippen molar-refractivity contribution in [3.8, 4) is 0 Å². The van der Waals surface area contributed by atoms with E-state index in [1.807, 2.05) is 13.8 Å². The molecule has 1 saturated heterocycles. The summed E-state index contributed by atoms with van der Waals surface area (Å²) in [7, 11) is 0. The van der Waals surface area contributed by atoms with Gasteiger partial charge in [0.15, 0.2) is 0 Å². The fourth-order valence-electron chi connectivity index (χ4n) is 2.43. The Hall–Kier alpha value is -0.650. The van der Waals surface area contributed by atoms with Crippen molar-refractivity contribution in [3.05, 3.63) is 0 Å². The van der Waals surface area contributed by atoms with Crippen molar-refractivity contribution in [2.75, 3.05) is 39.3 Å². The third-order valence-corrected chi connectivity index (χ3v) is 3.38. The van der Waals surface area contributed by atoms with E-state index < -0.39 is 0 Å². The largest absolute Gasteiger partial charge is 0.392 e. The van der Waals surface area contributed by atoms with Crippen molar-refractivity contribution in [2.45, 2.75) is 39.3 Å². The molecule has 1 amide bonds. The van der Waals surface area contributed by atoms with Crippen LogP contribution in [0.2, 0.25) is 0 Å². The first kappa shape index (κ1) is 15.4. The standard InChI is InChI=1S/C13H27N3O2/c1-4-14-13(18)5-6-15-7-8-16(10-12(3)17)11(2)9-15/h11-12,17H,4-10H2,1-3H3,(H,14,18). The van der Waals surface area contributed by atoms with E-state index in [1.165, 1.54) is 0 Å². The molecule has 1 rings (SSSR count). The van der Waals surface area contributed by atoms with E-state index in [2.05, 4.69) is 22.0 Å². The Morgan fingerprint density at radius 3 is 2.78 bits per heavy atom. The highest BCUT2D eigenvalue weighted by Crippen LogP contribution is 2.10. The lowest BCUT2D eigenvalue weighted by molar-refractivity contribution is -0.121. The lowest BCUT2D eigenvalue weighted by Crippen LogP contribution is -2.53. The molecule has 1 aliphatic rings. The second-order valence-corrected chi connectivity index (χ2v) is 5.20. The molecule has 1 heterocycles. The first-order valence-corrected chi connectivity index (χ1v) is 6.94. The van der Waals surface area contributed by atoms with Crippen LogP contribution in [0.5, 0.6) is 0 Å². The highest BCUT2D eigenvalue weighted by molar-refractivity contribution is 5.75. The van der Waals surface area contributed by atoms with Crippen molar-refractivity contribution in [3.63, 3.8) is 0 Å². The average Bonchev–Trinajstić information content (AvgIpc) is 2.29. The van der Waals surface area contributed by atoms with Gasteiger partial charge in [0.25, 0.3) is 0 Å². The monoisotopic (exact) mass is 257 g/mol. The Balaban J connectivity index is 2.26. The second kappa shape index (κ2) is 7.71. The average molecular weight is 257 g/mol. The Bertz CT molecular complexity index is 259. The number of aliphatic hydroxyl groups excluding tert-OH is 1. The molecule has 0 aromatic rings. The van der Waals surface area contributed by atoms with E-state index in [-0.39, 0.29) is 12.0 Å². The van der Waals surface area contributed by atoms with Crippen molar-refractivity contribution in [2.24, 2.45) is 0 Å². The van der Waals surface area contributed by atoms with Crippen LogP contribution in [0.3, 0.4) is 0 Å². The van der Waals surface area contributed by atoms with Crippen LogP contribution in [-0.4, -0.2) is 72.2 Å². The molecule has 18 heavy (non-hydrogen) atoms. The van der Waals surface area contributed by atoms with Crippen LogP contribution >= 0.6 is 0 Å². The Labute approximate surface area is 110 Å². The van der Waals surface area contributed by atoms with Gasteiger partial charge in [0.1, 0.15) is 0 Å². The van der Waals surface area contributed by atoms with Crippen LogP contribution in [0.25, 0.3) is 0 Å². The van der Waals surface area contributed by atoms with Gasteiger partial charge in [-0.1, -0.05) is 0 Å². The fraction of sp³-hybridized carbons (Fsp3) is 0.923. The summed E-state index contributed by atoms with van der Waals surface area (Å²) < 4.78 is 0. The minimum atomic E-state index is -0.269. The molecule has 1 fully saturated rings. The van der Waals surface area contributed by atoms with Crippen LogP contribution in [0.15, 0.2) is 0 Å². The highest BCUT2D eigenvalue weighted by Gasteiger charge is 2.24. The van der Waals surface area contributed by atoms with E-state index in [0.717, 1.165) is 32.7 Å². The van der Waals surface area contributed by atoms with E-state index in [9.17, 15) is 9.90 Å². The second-order valence-electron chi connectivity index (χ2n) is 5.20. The molecule has 0 bridgehead atoms. The number of β-amino-alcohol motifs (C(OH)–C–C–N with tert-alkyl or cyclic N) is 1. The first-order valence-electron chi connectivity index (χ1n) is 6.94. The zero-order valence-electron chi connectivity index (χ0n) is 11.9. The van der Waals surface area contributed by atoms with Crippen molar-refractivity contribution >= 4 is 5.91 Å². The molecule has 1 aliphatic heterocycles. The minimum Gasteiger partial charge on any atom is -0.392 e. The van der Waals surface area contributed by atoms with Crippen LogP contribution in [0.1, 0.15) is 27.2 Å². The molecule has 106 valence electrons. The SMILES string of the molecule is CCNC(=O)CCN1CCN(CC(C)O)C(C)C1. The van der Waals surface area contributed by atoms with Crippen molar-refractivity contribution < 1.29 is 9.90 Å². The smallest absolute Gasteiger partial charge is 0.221 e. The number of hydrogen-bond acceptors (Lipinski definition) is 4. The predicted octanol–water partition coefficient (Wildman–Crippen LogP) is -0.100. The van der Waals surface area contributed by atoms with Gasteiger partial charge in [0.05, 0.1) is 6.10 Å². The van der Waals surface area contributed by atoms with Crippen molar-refractivity contribution in [1.29, 1.82) is 0 Å². The van der Waals surface area contributed by atoms with Gasteiger partial charge in [-0.05, 0) is 20.8 Å². The molecule has 0 aromatic heterocycles. The lowest BCUT2D eigenvalue weighted by atomic mass is 10.1. The van der Waals surface area contributed by atoms with Gasteiger partial charge in [0, 0.05) is 51.7 Å². The number of hydrogen-bond donors (Lipinski definition) is 2. The summed E-state index contributed by atoms with van der Waals surface area (Å²) in [5.74, 6) is 0.136. The first-order chi connectivity index (χ1) is 8.52. The van der Waals surface area contributed by atoms with Gasteiger partial charge < -0.3 is 15.3 Å². The van der Waals surface area contributed by atoms with E-state index in [1.54, 1.807) is 0 Å². The summed E-state index contributed by atoms with van der Waals surface area (Å²) in [5.41, 5.74) is 0. The zero-order valence-corrected chi connectivity index (χ0v) is 11.9. The number of nitrogens with one attached hydrogen (secondary N) is 1. The number of piperazine rings is 1.